The first-order valence-electron chi connectivity index (χ1n) is 8.13. The summed E-state index contributed by atoms with van der Waals surface area (Å²) in [5, 5.41) is 0.301. The van der Waals surface area contributed by atoms with Crippen molar-refractivity contribution in [2.45, 2.75) is 52.6 Å². The Hall–Kier alpha value is -1.00. The van der Waals surface area contributed by atoms with Crippen LogP contribution in [0.1, 0.15) is 46.1 Å². The lowest BCUT2D eigenvalue weighted by atomic mass is 9.91. The minimum Gasteiger partial charge on any atom is -0.497 e. The minimum atomic E-state index is -0.366. The molecule has 0 amide bonds. The smallest absolute Gasteiger partial charge is 0.209 e. The van der Waals surface area contributed by atoms with Crippen LogP contribution in [0.3, 0.4) is 0 Å². The molecule has 1 rings (SSSR count). The summed E-state index contributed by atoms with van der Waals surface area (Å²) in [6.45, 7) is 10.1. The number of methoxy groups -OCH3 is 1. The van der Waals surface area contributed by atoms with Crippen molar-refractivity contribution in [1.29, 1.82) is 0 Å². The molecule has 0 fully saturated rings. The zero-order valence-electron chi connectivity index (χ0n) is 14.5. The number of ether oxygens (including phenoxy) is 1. The summed E-state index contributed by atoms with van der Waals surface area (Å²) in [6, 6.07) is 8.11. The molecule has 1 aromatic carbocycles. The van der Waals surface area contributed by atoms with Crippen LogP contribution in [0.4, 0.5) is 0 Å². The van der Waals surface area contributed by atoms with E-state index in [2.05, 4.69) is 37.8 Å². The molecular formula is C18H29NO2S. The molecule has 1 aromatic rings. The number of likely N-dealkylation sites (N-methyl/N-ethyl adjacent to an activating group) is 1. The van der Waals surface area contributed by atoms with E-state index in [0.29, 0.717) is 5.12 Å². The van der Waals surface area contributed by atoms with Gasteiger partial charge in [-0.05, 0) is 42.8 Å². The number of benzene rings is 1. The molecule has 0 unspecified atom stereocenters. The van der Waals surface area contributed by atoms with Gasteiger partial charge >= 0.3 is 0 Å². The third kappa shape index (κ3) is 4.26. The van der Waals surface area contributed by atoms with Crippen molar-refractivity contribution in [1.82, 2.24) is 4.90 Å². The molecule has 0 aromatic heterocycles. The molecule has 0 aliphatic heterocycles. The Morgan fingerprint density at radius 3 is 2.14 bits per heavy atom. The Morgan fingerprint density at radius 1 is 1.14 bits per heavy atom. The van der Waals surface area contributed by atoms with Gasteiger partial charge in [0.2, 0.25) is 5.12 Å². The van der Waals surface area contributed by atoms with Crippen LogP contribution in [0.2, 0.25) is 0 Å². The van der Waals surface area contributed by atoms with Crippen molar-refractivity contribution < 1.29 is 9.53 Å². The van der Waals surface area contributed by atoms with Gasteiger partial charge in [-0.1, -0.05) is 51.6 Å². The number of rotatable bonds is 9. The van der Waals surface area contributed by atoms with Gasteiger partial charge in [-0.15, -0.1) is 0 Å². The highest BCUT2D eigenvalue weighted by Crippen LogP contribution is 2.31. The zero-order valence-corrected chi connectivity index (χ0v) is 15.3. The summed E-state index contributed by atoms with van der Waals surface area (Å²) in [4.78, 5) is 15.0. The first kappa shape index (κ1) is 19.0. The van der Waals surface area contributed by atoms with Gasteiger partial charge in [-0.25, -0.2) is 0 Å². The van der Waals surface area contributed by atoms with E-state index in [9.17, 15) is 4.79 Å². The van der Waals surface area contributed by atoms with E-state index < -0.39 is 0 Å². The normalized spacial score (nSPS) is 11.7. The Bertz CT molecular complexity index is 455. The number of thioether (sulfide) groups is 1. The molecule has 0 atom stereocenters. The lowest BCUT2D eigenvalue weighted by Crippen LogP contribution is -2.52. The lowest BCUT2D eigenvalue weighted by Gasteiger charge is -2.41. The molecule has 0 radical (unpaired) electrons. The van der Waals surface area contributed by atoms with Gasteiger partial charge in [0.25, 0.3) is 0 Å². The maximum Gasteiger partial charge on any atom is 0.209 e. The second-order valence-corrected chi connectivity index (χ2v) is 6.56. The fraction of sp³-hybridized carbons (Fsp3) is 0.611. The van der Waals surface area contributed by atoms with Crippen LogP contribution in [0, 0.1) is 0 Å². The van der Waals surface area contributed by atoms with E-state index in [1.54, 1.807) is 7.11 Å². The Balaban J connectivity index is 3.00. The van der Waals surface area contributed by atoms with Crippen molar-refractivity contribution in [2.75, 3.05) is 19.4 Å². The Labute approximate surface area is 139 Å². The average molecular weight is 324 g/mol. The SMILES string of the molecule is CCSC(=O)C(CC)(CC)N(CC)Cc1ccc(OC)cc1. The molecule has 124 valence electrons. The fourth-order valence-electron chi connectivity index (χ4n) is 2.90. The van der Waals surface area contributed by atoms with Gasteiger partial charge in [-0.2, -0.15) is 0 Å². The zero-order chi connectivity index (χ0) is 16.6. The second kappa shape index (κ2) is 9.21. The van der Waals surface area contributed by atoms with Crippen LogP contribution >= 0.6 is 11.8 Å². The molecule has 0 bridgehead atoms. The third-order valence-corrected chi connectivity index (χ3v) is 5.28. The van der Waals surface area contributed by atoms with Gasteiger partial charge in [-0.3, -0.25) is 9.69 Å². The monoisotopic (exact) mass is 323 g/mol. The molecule has 22 heavy (non-hydrogen) atoms. The van der Waals surface area contributed by atoms with Crippen molar-refractivity contribution in [2.24, 2.45) is 0 Å². The third-order valence-electron chi connectivity index (χ3n) is 4.34. The summed E-state index contributed by atoms with van der Waals surface area (Å²) in [5.41, 5.74) is 0.846. The largest absolute Gasteiger partial charge is 0.497 e. The van der Waals surface area contributed by atoms with E-state index in [-0.39, 0.29) is 5.54 Å². The minimum absolute atomic E-state index is 0.301. The van der Waals surface area contributed by atoms with Gasteiger partial charge in [0, 0.05) is 6.54 Å². The average Bonchev–Trinajstić information content (AvgIpc) is 2.56. The van der Waals surface area contributed by atoms with Gasteiger partial charge < -0.3 is 4.74 Å². The quantitative estimate of drug-likeness (QED) is 0.675. The molecular weight excluding hydrogens is 294 g/mol. The number of nitrogens with zero attached hydrogens (tertiary/aromatic N) is 1. The lowest BCUT2D eigenvalue weighted by molar-refractivity contribution is -0.123. The summed E-state index contributed by atoms with van der Waals surface area (Å²) >= 11 is 1.45. The van der Waals surface area contributed by atoms with Crippen LogP contribution in [0.25, 0.3) is 0 Å². The Kier molecular flexibility index (Phi) is 7.97. The molecule has 0 saturated carbocycles. The van der Waals surface area contributed by atoms with E-state index >= 15 is 0 Å². The van der Waals surface area contributed by atoms with Crippen molar-refractivity contribution >= 4 is 16.9 Å². The number of hydrogen-bond donors (Lipinski definition) is 0. The van der Waals surface area contributed by atoms with Gasteiger partial charge in [0.15, 0.2) is 0 Å². The molecule has 0 saturated heterocycles. The van der Waals surface area contributed by atoms with E-state index in [1.165, 1.54) is 17.3 Å². The molecule has 0 spiro atoms. The predicted molar refractivity (Wildman–Crippen MR) is 95.5 cm³/mol. The number of carbonyl (C=O) groups is 1. The molecule has 0 aliphatic rings. The van der Waals surface area contributed by atoms with Crippen LogP contribution in [-0.4, -0.2) is 35.0 Å². The van der Waals surface area contributed by atoms with E-state index in [1.807, 2.05) is 19.1 Å². The van der Waals surface area contributed by atoms with Gasteiger partial charge in [0.05, 0.1) is 12.6 Å². The van der Waals surface area contributed by atoms with Crippen LogP contribution in [-0.2, 0) is 11.3 Å². The topological polar surface area (TPSA) is 29.5 Å². The summed E-state index contributed by atoms with van der Waals surface area (Å²) in [7, 11) is 1.67. The summed E-state index contributed by atoms with van der Waals surface area (Å²) in [6.07, 6.45) is 1.69. The highest BCUT2D eigenvalue weighted by Gasteiger charge is 2.39. The van der Waals surface area contributed by atoms with Crippen molar-refractivity contribution in [3.05, 3.63) is 29.8 Å². The molecule has 0 N–H and O–H groups in total. The van der Waals surface area contributed by atoms with Crippen LogP contribution in [0.5, 0.6) is 5.75 Å². The summed E-state index contributed by atoms with van der Waals surface area (Å²) < 4.78 is 5.21. The summed E-state index contributed by atoms with van der Waals surface area (Å²) in [5.74, 6) is 1.70. The predicted octanol–water partition coefficient (Wildman–Crippen LogP) is 4.36. The molecule has 0 heterocycles. The maximum atomic E-state index is 12.7. The molecule has 4 heteroatoms. The molecule has 3 nitrogen and oxygen atoms in total. The first-order chi connectivity index (χ1) is 10.6. The van der Waals surface area contributed by atoms with E-state index in [4.69, 9.17) is 4.74 Å². The first-order valence-corrected chi connectivity index (χ1v) is 9.11. The number of carbonyl (C=O) groups excluding carboxylic acids is 1. The van der Waals surface area contributed by atoms with Crippen molar-refractivity contribution in [3.63, 3.8) is 0 Å². The Morgan fingerprint density at radius 2 is 1.73 bits per heavy atom. The highest BCUT2D eigenvalue weighted by molar-refractivity contribution is 8.13. The van der Waals surface area contributed by atoms with Crippen LogP contribution < -0.4 is 4.74 Å². The molecule has 0 aliphatic carbocycles. The fourth-order valence-corrected chi connectivity index (χ4v) is 3.85. The number of hydrogen-bond acceptors (Lipinski definition) is 4. The standard InChI is InChI=1S/C18H29NO2S/c1-6-18(7-2,17(20)22-9-4)19(8-3)14-15-10-12-16(21-5)13-11-15/h10-13H,6-9,14H2,1-5H3. The van der Waals surface area contributed by atoms with Crippen molar-refractivity contribution in [3.8, 4) is 5.75 Å². The maximum absolute atomic E-state index is 12.7. The van der Waals surface area contributed by atoms with Crippen LogP contribution in [0.15, 0.2) is 24.3 Å². The van der Waals surface area contributed by atoms with Gasteiger partial charge in [0.1, 0.15) is 5.75 Å². The van der Waals surface area contributed by atoms with E-state index in [0.717, 1.165) is 37.4 Å². The second-order valence-electron chi connectivity index (χ2n) is 5.32. The highest BCUT2D eigenvalue weighted by atomic mass is 32.2.